The van der Waals surface area contributed by atoms with E-state index in [9.17, 15) is 32.4 Å². The summed E-state index contributed by atoms with van der Waals surface area (Å²) < 4.78 is 39.0. The molecule has 7 rings (SSSR count). The lowest BCUT2D eigenvalue weighted by Gasteiger charge is -2.29. The molecule has 2 unspecified atom stereocenters. The van der Waals surface area contributed by atoms with Crippen molar-refractivity contribution in [3.63, 3.8) is 0 Å². The van der Waals surface area contributed by atoms with Crippen LogP contribution in [0, 0.1) is 24.2 Å². The van der Waals surface area contributed by atoms with Crippen molar-refractivity contribution in [1.82, 2.24) is 19.5 Å². The molecule has 0 spiro atoms. The maximum absolute atomic E-state index is 14.2. The Hall–Kier alpha value is -4.33. The van der Waals surface area contributed by atoms with Gasteiger partial charge in [0.05, 0.1) is 29.8 Å². The Morgan fingerprint density at radius 1 is 1.16 bits per heavy atom. The van der Waals surface area contributed by atoms with Crippen LogP contribution in [0.5, 0.6) is 5.88 Å². The van der Waals surface area contributed by atoms with Crippen molar-refractivity contribution in [2.75, 3.05) is 13.1 Å². The highest BCUT2D eigenvalue weighted by Gasteiger charge is 2.61. The molecule has 2 aromatic rings. The van der Waals surface area contributed by atoms with Gasteiger partial charge in [-0.05, 0) is 49.6 Å². The van der Waals surface area contributed by atoms with Gasteiger partial charge in [-0.3, -0.25) is 23.9 Å². The molecule has 1 aromatic carbocycles. The second-order valence-electron chi connectivity index (χ2n) is 14.3. The first-order valence-corrected chi connectivity index (χ1v) is 18.4. The molecule has 5 aliphatic rings. The highest BCUT2D eigenvalue weighted by atomic mass is 32.2. The number of rotatable bonds is 12. The predicted molar refractivity (Wildman–Crippen MR) is 175 cm³/mol. The van der Waals surface area contributed by atoms with Crippen LogP contribution in [0.25, 0.3) is 10.8 Å². The SMILES string of the molecule is C=C[C@@H]1C[C@]1(CC(=O)C1CC(Oc2nccc3cc(C)ccc23)CN1C(=O)[C@@H](C)CC(=O)N1C[C@H]2C[C@H]1C(=O)O2)C(=O)NS(=O)(=O)C1CC1. The topological polar surface area (TPSA) is 169 Å². The van der Waals surface area contributed by atoms with E-state index in [1.165, 1.54) is 9.80 Å². The van der Waals surface area contributed by atoms with Gasteiger partial charge >= 0.3 is 5.97 Å². The molecule has 7 atom stereocenters. The second-order valence-corrected chi connectivity index (χ2v) is 16.3. The Morgan fingerprint density at radius 3 is 2.61 bits per heavy atom. The number of fused-ring (bicyclic) bond motifs is 3. The van der Waals surface area contributed by atoms with Gasteiger partial charge in [-0.15, -0.1) is 6.58 Å². The molecule has 260 valence electrons. The third kappa shape index (κ3) is 6.19. The molecule has 2 bridgehead atoms. The fraction of sp³-hybridized carbons (Fsp3) is 0.543. The standard InChI is InChI=1S/C35H40N4O9S/c1-4-22-15-35(22,34(44)37-49(45,46)25-6-7-25)16-29(40)27-13-23(47-31-26-8-5-19(2)11-21(26)9-10-36-31)18-39(27)32(42)20(3)12-30(41)38-17-24-14-28(38)33(43)48-24/h4-5,8-11,20,22-25,27-28H,1,6-7,12-18H2,2-3H3,(H,37,44)/t20-,22+,23?,24+,27?,28-,35+/m0/s1. The Labute approximate surface area is 284 Å². The third-order valence-electron chi connectivity index (χ3n) is 10.7. The lowest BCUT2D eigenvalue weighted by atomic mass is 9.91. The van der Waals surface area contributed by atoms with E-state index in [2.05, 4.69) is 16.3 Å². The molecule has 49 heavy (non-hydrogen) atoms. The number of amides is 3. The number of pyridine rings is 1. The molecule has 5 fully saturated rings. The third-order valence-corrected chi connectivity index (χ3v) is 12.5. The first-order valence-electron chi connectivity index (χ1n) is 16.8. The van der Waals surface area contributed by atoms with Gasteiger partial charge in [0.2, 0.25) is 33.6 Å². The fourth-order valence-electron chi connectivity index (χ4n) is 7.64. The van der Waals surface area contributed by atoms with Crippen LogP contribution >= 0.6 is 0 Å². The smallest absolute Gasteiger partial charge is 0.329 e. The number of Topliss-reactive ketones (excluding diaryl/α,β-unsaturated/α-hetero) is 1. The maximum atomic E-state index is 14.2. The van der Waals surface area contributed by atoms with Gasteiger partial charge in [-0.1, -0.05) is 30.7 Å². The number of sulfonamides is 1. The molecule has 14 heteroatoms. The first kappa shape index (κ1) is 33.2. The fourth-order valence-corrected chi connectivity index (χ4v) is 9.02. The van der Waals surface area contributed by atoms with E-state index >= 15 is 0 Å². The van der Waals surface area contributed by atoms with Crippen LogP contribution in [-0.4, -0.2) is 95.3 Å². The zero-order valence-corrected chi connectivity index (χ0v) is 28.3. The number of ether oxygens (including phenoxy) is 2. The normalized spacial score (nSPS) is 29.4. The van der Waals surface area contributed by atoms with Crippen molar-refractivity contribution in [1.29, 1.82) is 0 Å². The lowest BCUT2D eigenvalue weighted by molar-refractivity contribution is -0.157. The van der Waals surface area contributed by atoms with Crippen LogP contribution in [0.3, 0.4) is 0 Å². The number of hydrogen-bond donors (Lipinski definition) is 1. The van der Waals surface area contributed by atoms with Crippen LogP contribution in [-0.2, 0) is 38.7 Å². The molecule has 1 N–H and O–H groups in total. The van der Waals surface area contributed by atoms with Crippen molar-refractivity contribution in [3.05, 3.63) is 48.7 Å². The number of aryl methyl sites for hydroxylation is 1. The molecule has 4 heterocycles. The number of aromatic nitrogens is 1. The predicted octanol–water partition coefficient (Wildman–Crippen LogP) is 2.20. The Balaban J connectivity index is 1.11. The number of carbonyl (C=O) groups excluding carboxylic acids is 5. The molecule has 1 aromatic heterocycles. The summed E-state index contributed by atoms with van der Waals surface area (Å²) in [6, 6.07) is 6.10. The quantitative estimate of drug-likeness (QED) is 0.257. The van der Waals surface area contributed by atoms with E-state index in [0.717, 1.165) is 16.3 Å². The molecular formula is C35H40N4O9S. The molecule has 2 aliphatic carbocycles. The van der Waals surface area contributed by atoms with Crippen molar-refractivity contribution >= 4 is 50.3 Å². The molecule has 0 radical (unpaired) electrons. The van der Waals surface area contributed by atoms with E-state index < -0.39 is 74.3 Å². The minimum Gasteiger partial charge on any atom is -0.472 e. The number of nitrogens with zero attached hydrogens (tertiary/aromatic N) is 3. The summed E-state index contributed by atoms with van der Waals surface area (Å²) in [4.78, 5) is 74.3. The number of benzene rings is 1. The average Bonchev–Trinajstić information content (AvgIpc) is 3.91. The summed E-state index contributed by atoms with van der Waals surface area (Å²) in [5.41, 5.74) is -0.217. The Bertz CT molecular complexity index is 1880. The van der Waals surface area contributed by atoms with E-state index in [-0.39, 0.29) is 44.2 Å². The Morgan fingerprint density at radius 2 is 1.94 bits per heavy atom. The van der Waals surface area contributed by atoms with Gasteiger partial charge in [-0.2, -0.15) is 0 Å². The summed E-state index contributed by atoms with van der Waals surface area (Å²) >= 11 is 0. The number of ketones is 1. The van der Waals surface area contributed by atoms with E-state index in [4.69, 9.17) is 9.47 Å². The van der Waals surface area contributed by atoms with Gasteiger partial charge < -0.3 is 19.3 Å². The van der Waals surface area contributed by atoms with Gasteiger partial charge in [0, 0.05) is 43.2 Å². The van der Waals surface area contributed by atoms with E-state index in [1.54, 1.807) is 19.2 Å². The Kier molecular flexibility index (Phi) is 8.27. The van der Waals surface area contributed by atoms with Gasteiger partial charge in [0.15, 0.2) is 5.78 Å². The lowest BCUT2D eigenvalue weighted by Crippen LogP contribution is -2.48. The van der Waals surface area contributed by atoms with E-state index in [0.29, 0.717) is 31.7 Å². The summed E-state index contributed by atoms with van der Waals surface area (Å²) in [6.45, 7) is 7.71. The summed E-state index contributed by atoms with van der Waals surface area (Å²) in [6.07, 6.45) is 3.58. The van der Waals surface area contributed by atoms with E-state index in [1.807, 2.05) is 31.2 Å². The summed E-state index contributed by atoms with van der Waals surface area (Å²) in [5, 5.41) is 1.09. The van der Waals surface area contributed by atoms with Crippen LogP contribution < -0.4 is 9.46 Å². The summed E-state index contributed by atoms with van der Waals surface area (Å²) in [7, 11) is -3.84. The molecule has 13 nitrogen and oxygen atoms in total. The maximum Gasteiger partial charge on any atom is 0.329 e. The van der Waals surface area contributed by atoms with Crippen molar-refractivity contribution in [2.24, 2.45) is 17.3 Å². The zero-order valence-electron chi connectivity index (χ0n) is 27.5. The highest BCUT2D eigenvalue weighted by molar-refractivity contribution is 7.90. The van der Waals surface area contributed by atoms with Crippen LogP contribution in [0.2, 0.25) is 0 Å². The van der Waals surface area contributed by atoms with Crippen molar-refractivity contribution in [3.8, 4) is 5.88 Å². The summed E-state index contributed by atoms with van der Waals surface area (Å²) in [5.74, 6) is -3.20. The number of esters is 1. The minimum absolute atomic E-state index is 0.0403. The number of allylic oxidation sites excluding steroid dienone is 1. The minimum atomic E-state index is -3.84. The molecule has 3 amide bonds. The number of morpholine rings is 1. The number of carbonyl (C=O) groups is 5. The zero-order chi connectivity index (χ0) is 34.8. The van der Waals surface area contributed by atoms with Gasteiger partial charge in [-0.25, -0.2) is 18.2 Å². The first-order chi connectivity index (χ1) is 23.3. The number of likely N-dealkylation sites (tertiary alicyclic amines) is 2. The second kappa shape index (κ2) is 12.2. The highest BCUT2D eigenvalue weighted by Crippen LogP contribution is 2.57. The molecule has 3 saturated heterocycles. The van der Waals surface area contributed by atoms with Crippen LogP contribution in [0.1, 0.15) is 57.4 Å². The molecule has 3 aliphatic heterocycles. The van der Waals surface area contributed by atoms with Crippen LogP contribution in [0.4, 0.5) is 0 Å². The molecular weight excluding hydrogens is 652 g/mol. The average molecular weight is 693 g/mol. The van der Waals surface area contributed by atoms with Crippen LogP contribution in [0.15, 0.2) is 43.1 Å². The van der Waals surface area contributed by atoms with Crippen molar-refractivity contribution < 1.29 is 41.9 Å². The van der Waals surface area contributed by atoms with Gasteiger partial charge in [0.25, 0.3) is 0 Å². The van der Waals surface area contributed by atoms with Gasteiger partial charge in [0.1, 0.15) is 18.2 Å². The number of nitrogens with one attached hydrogen (secondary N) is 1. The molecule has 2 saturated carbocycles. The van der Waals surface area contributed by atoms with Crippen molar-refractivity contribution in [2.45, 2.75) is 88.3 Å². The monoisotopic (exact) mass is 692 g/mol. The number of hydrogen-bond acceptors (Lipinski definition) is 10. The largest absolute Gasteiger partial charge is 0.472 e.